The molecule has 0 bridgehead atoms. The van der Waals surface area contributed by atoms with Crippen molar-refractivity contribution in [1.82, 2.24) is 0 Å². The maximum absolute atomic E-state index is 12.4. The van der Waals surface area contributed by atoms with Crippen LogP contribution >= 0.6 is 11.6 Å². The molecule has 0 aliphatic carbocycles. The molecule has 2 aromatic carbocycles. The van der Waals surface area contributed by atoms with E-state index < -0.39 is 29.3 Å². The number of rotatable bonds is 6. The molecular weight excluding hydrogens is 426 g/mol. The largest absolute Gasteiger partial charge is 0.455 e. The molecule has 1 heterocycles. The normalized spacial score (nSPS) is 15.6. The summed E-state index contributed by atoms with van der Waals surface area (Å²) in [5.74, 6) is -2.25. The minimum atomic E-state index is -0.709. The van der Waals surface area contributed by atoms with Crippen molar-refractivity contribution in [2.75, 3.05) is 23.4 Å². The van der Waals surface area contributed by atoms with E-state index in [-0.39, 0.29) is 30.2 Å². The van der Waals surface area contributed by atoms with Crippen molar-refractivity contribution in [2.45, 2.75) is 20.3 Å². The van der Waals surface area contributed by atoms with Crippen molar-refractivity contribution in [3.63, 3.8) is 0 Å². The molecule has 10 heteroatoms. The van der Waals surface area contributed by atoms with Gasteiger partial charge in [0.1, 0.15) is 0 Å². The molecule has 1 aliphatic rings. The van der Waals surface area contributed by atoms with Gasteiger partial charge in [0.05, 0.1) is 10.8 Å². The fraction of sp³-hybridized carbons (Fsp3) is 0.286. The molecule has 0 aromatic heterocycles. The molecule has 9 nitrogen and oxygen atoms in total. The Labute approximate surface area is 183 Å². The number of benzene rings is 2. The number of esters is 1. The summed E-state index contributed by atoms with van der Waals surface area (Å²) in [6.07, 6.45) is -0.0312. The van der Waals surface area contributed by atoms with E-state index in [0.717, 1.165) is 5.56 Å². The SMILES string of the molecule is Cc1ccc(NC(=O)COC(=O)[C@H]2CC(=O)N(c3cccc(Cl)c3C)C2)cc1[N+](=O)[O-]. The lowest BCUT2D eigenvalue weighted by Gasteiger charge is -2.19. The Kier molecular flexibility index (Phi) is 6.55. The van der Waals surface area contributed by atoms with E-state index in [4.69, 9.17) is 16.3 Å². The summed E-state index contributed by atoms with van der Waals surface area (Å²) in [6.45, 7) is 2.94. The van der Waals surface area contributed by atoms with E-state index >= 15 is 0 Å². The molecule has 1 atom stereocenters. The first-order chi connectivity index (χ1) is 14.7. The van der Waals surface area contributed by atoms with E-state index in [9.17, 15) is 24.5 Å². The van der Waals surface area contributed by atoms with Crippen LogP contribution < -0.4 is 10.2 Å². The van der Waals surface area contributed by atoms with Crippen LogP contribution in [0.3, 0.4) is 0 Å². The predicted octanol–water partition coefficient (Wildman–Crippen LogP) is 3.40. The van der Waals surface area contributed by atoms with Crippen molar-refractivity contribution in [3.8, 4) is 0 Å². The van der Waals surface area contributed by atoms with Crippen LogP contribution in [0, 0.1) is 29.9 Å². The molecule has 1 N–H and O–H groups in total. The van der Waals surface area contributed by atoms with Crippen molar-refractivity contribution in [2.24, 2.45) is 5.92 Å². The van der Waals surface area contributed by atoms with Gasteiger partial charge in [-0.05, 0) is 37.6 Å². The molecule has 162 valence electrons. The highest BCUT2D eigenvalue weighted by Crippen LogP contribution is 2.31. The second-order valence-corrected chi connectivity index (χ2v) is 7.61. The van der Waals surface area contributed by atoms with Crippen molar-refractivity contribution >= 4 is 46.4 Å². The average Bonchev–Trinajstić information content (AvgIpc) is 3.11. The molecular formula is C21H20ClN3O6. The van der Waals surface area contributed by atoms with Crippen LogP contribution in [0.1, 0.15) is 17.5 Å². The van der Waals surface area contributed by atoms with Crippen LogP contribution in [0.2, 0.25) is 5.02 Å². The van der Waals surface area contributed by atoms with Gasteiger partial charge in [-0.3, -0.25) is 24.5 Å². The summed E-state index contributed by atoms with van der Waals surface area (Å²) in [5, 5.41) is 14.0. The van der Waals surface area contributed by atoms with Gasteiger partial charge in [0.25, 0.3) is 11.6 Å². The van der Waals surface area contributed by atoms with Crippen LogP contribution in [-0.2, 0) is 19.1 Å². The third kappa shape index (κ3) is 5.00. The maximum Gasteiger partial charge on any atom is 0.311 e. The number of carbonyl (C=O) groups excluding carboxylic acids is 3. The minimum absolute atomic E-state index is 0.0312. The number of hydrogen-bond donors (Lipinski definition) is 1. The van der Waals surface area contributed by atoms with Crippen molar-refractivity contribution < 1.29 is 24.0 Å². The number of nitrogens with zero attached hydrogens (tertiary/aromatic N) is 2. The van der Waals surface area contributed by atoms with Gasteiger partial charge in [0.15, 0.2) is 6.61 Å². The summed E-state index contributed by atoms with van der Waals surface area (Å²) in [4.78, 5) is 48.8. The Morgan fingerprint density at radius 2 is 2.03 bits per heavy atom. The molecule has 1 saturated heterocycles. The quantitative estimate of drug-likeness (QED) is 0.413. The smallest absolute Gasteiger partial charge is 0.311 e. The van der Waals surface area contributed by atoms with E-state index in [1.165, 1.54) is 23.1 Å². The van der Waals surface area contributed by atoms with E-state index in [2.05, 4.69) is 5.32 Å². The number of ether oxygens (including phenoxy) is 1. The number of aryl methyl sites for hydroxylation is 1. The first-order valence-electron chi connectivity index (χ1n) is 9.44. The van der Waals surface area contributed by atoms with Gasteiger partial charge in [0, 0.05) is 41.0 Å². The summed E-state index contributed by atoms with van der Waals surface area (Å²) in [5.41, 5.74) is 1.91. The monoisotopic (exact) mass is 445 g/mol. The van der Waals surface area contributed by atoms with Crippen LogP contribution in [0.4, 0.5) is 17.1 Å². The first-order valence-corrected chi connectivity index (χ1v) is 9.82. The Balaban J connectivity index is 1.57. The molecule has 3 rings (SSSR count). The second-order valence-electron chi connectivity index (χ2n) is 7.20. The Bertz CT molecular complexity index is 1070. The van der Waals surface area contributed by atoms with Gasteiger partial charge in [-0.2, -0.15) is 0 Å². The lowest BCUT2D eigenvalue weighted by atomic mass is 10.1. The molecule has 2 aromatic rings. The predicted molar refractivity (Wildman–Crippen MR) is 114 cm³/mol. The highest BCUT2D eigenvalue weighted by molar-refractivity contribution is 6.31. The molecule has 0 saturated carbocycles. The number of carbonyl (C=O) groups is 3. The van der Waals surface area contributed by atoms with E-state index in [1.54, 1.807) is 32.0 Å². The third-order valence-electron chi connectivity index (χ3n) is 5.02. The lowest BCUT2D eigenvalue weighted by Crippen LogP contribution is -2.28. The summed E-state index contributed by atoms with van der Waals surface area (Å²) >= 11 is 6.11. The van der Waals surface area contributed by atoms with Gasteiger partial charge in [0.2, 0.25) is 5.91 Å². The minimum Gasteiger partial charge on any atom is -0.455 e. The van der Waals surface area contributed by atoms with Gasteiger partial charge in [-0.1, -0.05) is 23.7 Å². The highest BCUT2D eigenvalue weighted by Gasteiger charge is 2.37. The number of halogens is 1. The second kappa shape index (κ2) is 9.13. The molecule has 0 radical (unpaired) electrons. The zero-order valence-corrected chi connectivity index (χ0v) is 17.6. The number of nitrogens with one attached hydrogen (secondary N) is 1. The first kappa shape index (κ1) is 22.2. The molecule has 1 fully saturated rings. The zero-order chi connectivity index (χ0) is 22.7. The Hall–Kier alpha value is -3.46. The summed E-state index contributed by atoms with van der Waals surface area (Å²) in [7, 11) is 0. The van der Waals surface area contributed by atoms with Crippen molar-refractivity contribution in [3.05, 3.63) is 62.7 Å². The molecule has 31 heavy (non-hydrogen) atoms. The average molecular weight is 446 g/mol. The van der Waals surface area contributed by atoms with Gasteiger partial charge >= 0.3 is 5.97 Å². The number of amides is 2. The molecule has 2 amide bonds. The van der Waals surface area contributed by atoms with E-state index in [0.29, 0.717) is 16.3 Å². The fourth-order valence-electron chi connectivity index (χ4n) is 3.32. The van der Waals surface area contributed by atoms with Gasteiger partial charge < -0.3 is 15.0 Å². The standard InChI is InChI=1S/C21H20ClN3O6/c1-12-6-7-15(9-18(12)25(29)30)23-19(26)11-31-21(28)14-8-20(27)24(10-14)17-5-3-4-16(22)13(17)2/h3-7,9,14H,8,10-11H2,1-2H3,(H,23,26)/t14-/m0/s1. The Morgan fingerprint density at radius 1 is 1.29 bits per heavy atom. The fourth-order valence-corrected chi connectivity index (χ4v) is 3.49. The van der Waals surface area contributed by atoms with Crippen LogP contribution in [0.25, 0.3) is 0 Å². The van der Waals surface area contributed by atoms with Gasteiger partial charge in [-0.25, -0.2) is 0 Å². The number of hydrogen-bond acceptors (Lipinski definition) is 6. The molecule has 0 spiro atoms. The lowest BCUT2D eigenvalue weighted by molar-refractivity contribution is -0.385. The van der Waals surface area contributed by atoms with Crippen LogP contribution in [0.15, 0.2) is 36.4 Å². The third-order valence-corrected chi connectivity index (χ3v) is 5.43. The van der Waals surface area contributed by atoms with E-state index in [1.807, 2.05) is 0 Å². The van der Waals surface area contributed by atoms with Crippen molar-refractivity contribution in [1.29, 1.82) is 0 Å². The van der Waals surface area contributed by atoms with Crippen LogP contribution in [-0.4, -0.2) is 35.9 Å². The summed E-state index contributed by atoms with van der Waals surface area (Å²) in [6, 6.07) is 9.45. The van der Waals surface area contributed by atoms with Gasteiger partial charge in [-0.15, -0.1) is 0 Å². The van der Waals surface area contributed by atoms with Crippen LogP contribution in [0.5, 0.6) is 0 Å². The summed E-state index contributed by atoms with van der Waals surface area (Å²) < 4.78 is 5.06. The number of nitro groups is 1. The highest BCUT2D eigenvalue weighted by atomic mass is 35.5. The topological polar surface area (TPSA) is 119 Å². The Morgan fingerprint density at radius 3 is 2.74 bits per heavy atom. The zero-order valence-electron chi connectivity index (χ0n) is 16.9. The maximum atomic E-state index is 12.4. The number of nitro benzene ring substituents is 1. The number of anilines is 2. The molecule has 0 unspecified atom stereocenters. The molecule has 1 aliphatic heterocycles.